The molecule has 0 spiro atoms. The first-order chi connectivity index (χ1) is 6.33. The molecular formula is C8H9N3O2. The summed E-state index contributed by atoms with van der Waals surface area (Å²) in [6.45, 7) is 0. The molecule has 0 aromatic carbocycles. The molecule has 1 aromatic heterocycles. The highest BCUT2D eigenvalue weighted by molar-refractivity contribution is 5.77. The maximum Gasteiger partial charge on any atom is 0.433 e. The van der Waals surface area contributed by atoms with Crippen LogP contribution in [0.1, 0.15) is 5.69 Å². The highest BCUT2D eigenvalue weighted by Crippen LogP contribution is 1.88. The Morgan fingerprint density at radius 1 is 1.69 bits per heavy atom. The van der Waals surface area contributed by atoms with Crippen molar-refractivity contribution in [2.45, 2.75) is 0 Å². The number of hydrogen-bond acceptors (Lipinski definition) is 4. The fourth-order valence-corrected chi connectivity index (χ4v) is 0.626. The van der Waals surface area contributed by atoms with Crippen LogP contribution in [0.15, 0.2) is 29.6 Å². The number of carbonyl (C=O) groups is 1. The summed E-state index contributed by atoms with van der Waals surface area (Å²) in [4.78, 5) is 18.8. The number of rotatable bonds is 2. The molecule has 1 N–H and O–H groups in total. The smallest absolute Gasteiger partial charge is 0.323 e. The van der Waals surface area contributed by atoms with Gasteiger partial charge >= 0.3 is 6.09 Å². The van der Waals surface area contributed by atoms with Crippen molar-refractivity contribution in [3.05, 3.63) is 30.1 Å². The van der Waals surface area contributed by atoms with Crippen molar-refractivity contribution in [1.29, 1.82) is 0 Å². The Morgan fingerprint density at radius 2 is 2.54 bits per heavy atom. The van der Waals surface area contributed by atoms with E-state index in [0.29, 0.717) is 5.69 Å². The van der Waals surface area contributed by atoms with Crippen LogP contribution in [-0.2, 0) is 4.84 Å². The fourth-order valence-electron chi connectivity index (χ4n) is 0.626. The molecule has 0 aliphatic heterocycles. The van der Waals surface area contributed by atoms with E-state index in [1.54, 1.807) is 18.3 Å². The Balaban J connectivity index is 2.45. The summed E-state index contributed by atoms with van der Waals surface area (Å²) in [6.07, 6.45) is 2.38. The predicted molar refractivity (Wildman–Crippen MR) is 47.4 cm³/mol. The lowest BCUT2D eigenvalue weighted by Crippen LogP contribution is -2.16. The van der Waals surface area contributed by atoms with E-state index < -0.39 is 6.09 Å². The molecule has 0 saturated heterocycles. The minimum absolute atomic E-state index is 0.604. The highest BCUT2D eigenvalue weighted by Gasteiger charge is 1.93. The minimum atomic E-state index is -0.604. The average molecular weight is 179 g/mol. The topological polar surface area (TPSA) is 63.6 Å². The van der Waals surface area contributed by atoms with Gasteiger partial charge in [0, 0.05) is 13.2 Å². The first kappa shape index (κ1) is 9.18. The molecule has 0 bridgehead atoms. The molecule has 0 radical (unpaired) electrons. The van der Waals surface area contributed by atoms with Crippen LogP contribution in [0.3, 0.4) is 0 Å². The zero-order chi connectivity index (χ0) is 9.52. The Labute approximate surface area is 75.4 Å². The molecule has 0 aliphatic carbocycles. The maximum atomic E-state index is 10.5. The van der Waals surface area contributed by atoms with Crippen molar-refractivity contribution in [3.8, 4) is 0 Å². The van der Waals surface area contributed by atoms with Gasteiger partial charge < -0.3 is 5.32 Å². The van der Waals surface area contributed by atoms with Gasteiger partial charge in [0.15, 0.2) is 0 Å². The van der Waals surface area contributed by atoms with Gasteiger partial charge in [-0.2, -0.15) is 0 Å². The van der Waals surface area contributed by atoms with Crippen LogP contribution in [0.25, 0.3) is 0 Å². The number of carbonyl (C=O) groups excluding carboxylic acids is 1. The number of nitrogens with zero attached hydrogens (tertiary/aromatic N) is 2. The number of nitrogens with one attached hydrogen (secondary N) is 1. The second-order valence-corrected chi connectivity index (χ2v) is 2.12. The number of amides is 1. The van der Waals surface area contributed by atoms with E-state index in [0.717, 1.165) is 0 Å². The van der Waals surface area contributed by atoms with Gasteiger partial charge in [0.05, 0.1) is 11.9 Å². The van der Waals surface area contributed by atoms with Crippen molar-refractivity contribution < 1.29 is 9.63 Å². The summed E-state index contributed by atoms with van der Waals surface area (Å²) in [6, 6.07) is 5.35. The van der Waals surface area contributed by atoms with E-state index in [9.17, 15) is 4.79 Å². The molecule has 0 saturated carbocycles. The summed E-state index contributed by atoms with van der Waals surface area (Å²) in [5, 5.41) is 5.67. The molecule has 68 valence electrons. The SMILES string of the molecule is CNC(=O)ON=Cc1ccccn1. The van der Waals surface area contributed by atoms with Crippen molar-refractivity contribution in [2.24, 2.45) is 5.16 Å². The maximum absolute atomic E-state index is 10.5. The second-order valence-electron chi connectivity index (χ2n) is 2.12. The van der Waals surface area contributed by atoms with Gasteiger partial charge in [0.2, 0.25) is 0 Å². The standard InChI is InChI=1S/C8H9N3O2/c1-9-8(12)13-11-6-7-4-2-3-5-10-7/h2-6H,1H3,(H,9,12). The van der Waals surface area contributed by atoms with E-state index in [2.05, 4.69) is 20.3 Å². The largest absolute Gasteiger partial charge is 0.433 e. The number of hydrogen-bond donors (Lipinski definition) is 1. The lowest BCUT2D eigenvalue weighted by atomic mass is 10.4. The zero-order valence-corrected chi connectivity index (χ0v) is 7.10. The molecule has 0 atom stereocenters. The Morgan fingerprint density at radius 3 is 3.15 bits per heavy atom. The van der Waals surface area contributed by atoms with Crippen LogP contribution in [0, 0.1) is 0 Å². The van der Waals surface area contributed by atoms with Crippen LogP contribution in [-0.4, -0.2) is 24.3 Å². The first-order valence-electron chi connectivity index (χ1n) is 3.66. The molecule has 1 rings (SSSR count). The van der Waals surface area contributed by atoms with Crippen molar-refractivity contribution in [3.63, 3.8) is 0 Å². The molecular weight excluding hydrogens is 170 g/mol. The van der Waals surface area contributed by atoms with Gasteiger partial charge in [-0.25, -0.2) is 4.79 Å². The molecule has 13 heavy (non-hydrogen) atoms. The van der Waals surface area contributed by atoms with Crippen LogP contribution in [0.4, 0.5) is 4.79 Å². The number of oxime groups is 1. The third kappa shape index (κ3) is 3.33. The van der Waals surface area contributed by atoms with Crippen molar-refractivity contribution >= 4 is 12.3 Å². The Bertz CT molecular complexity index is 298. The Hall–Kier alpha value is -1.91. The van der Waals surface area contributed by atoms with Gasteiger partial charge in [-0.05, 0) is 12.1 Å². The van der Waals surface area contributed by atoms with Gasteiger partial charge in [-0.3, -0.25) is 9.82 Å². The molecule has 0 aliphatic rings. The minimum Gasteiger partial charge on any atom is -0.323 e. The van der Waals surface area contributed by atoms with E-state index in [-0.39, 0.29) is 0 Å². The first-order valence-corrected chi connectivity index (χ1v) is 3.66. The van der Waals surface area contributed by atoms with Gasteiger partial charge in [-0.1, -0.05) is 11.2 Å². The third-order valence-corrected chi connectivity index (χ3v) is 1.21. The summed E-state index contributed by atoms with van der Waals surface area (Å²) < 4.78 is 0. The summed E-state index contributed by atoms with van der Waals surface area (Å²) in [7, 11) is 1.46. The number of aromatic nitrogens is 1. The summed E-state index contributed by atoms with van der Waals surface area (Å²) in [5.41, 5.74) is 0.631. The molecule has 1 amide bonds. The second kappa shape index (κ2) is 4.87. The van der Waals surface area contributed by atoms with Crippen LogP contribution < -0.4 is 5.32 Å². The summed E-state index contributed by atoms with van der Waals surface area (Å²) >= 11 is 0. The zero-order valence-electron chi connectivity index (χ0n) is 7.10. The molecule has 1 heterocycles. The lowest BCUT2D eigenvalue weighted by Gasteiger charge is -1.93. The quantitative estimate of drug-likeness (QED) is 0.414. The van der Waals surface area contributed by atoms with Crippen LogP contribution in [0.2, 0.25) is 0 Å². The van der Waals surface area contributed by atoms with Gasteiger partial charge in [0.1, 0.15) is 0 Å². The van der Waals surface area contributed by atoms with Gasteiger partial charge in [-0.15, -0.1) is 0 Å². The summed E-state index contributed by atoms with van der Waals surface area (Å²) in [5.74, 6) is 0. The lowest BCUT2D eigenvalue weighted by molar-refractivity contribution is 0.154. The third-order valence-electron chi connectivity index (χ3n) is 1.21. The van der Waals surface area contributed by atoms with E-state index in [1.807, 2.05) is 6.07 Å². The molecule has 0 fully saturated rings. The van der Waals surface area contributed by atoms with E-state index >= 15 is 0 Å². The Kier molecular flexibility index (Phi) is 3.44. The highest BCUT2D eigenvalue weighted by atomic mass is 16.7. The van der Waals surface area contributed by atoms with Gasteiger partial charge in [0.25, 0.3) is 0 Å². The normalized spacial score (nSPS) is 9.92. The van der Waals surface area contributed by atoms with Crippen molar-refractivity contribution in [2.75, 3.05) is 7.05 Å². The predicted octanol–water partition coefficient (Wildman–Crippen LogP) is 0.772. The number of pyridine rings is 1. The van der Waals surface area contributed by atoms with Crippen LogP contribution >= 0.6 is 0 Å². The van der Waals surface area contributed by atoms with Crippen molar-refractivity contribution in [1.82, 2.24) is 10.3 Å². The monoisotopic (exact) mass is 179 g/mol. The average Bonchev–Trinajstić information content (AvgIpc) is 2.19. The van der Waals surface area contributed by atoms with Crippen LogP contribution in [0.5, 0.6) is 0 Å². The fraction of sp³-hybridized carbons (Fsp3) is 0.125. The molecule has 5 nitrogen and oxygen atoms in total. The molecule has 5 heteroatoms. The molecule has 0 unspecified atom stereocenters. The molecule has 1 aromatic rings. The van der Waals surface area contributed by atoms with E-state index in [1.165, 1.54) is 13.3 Å². The van der Waals surface area contributed by atoms with E-state index in [4.69, 9.17) is 0 Å².